The Bertz CT molecular complexity index is 191. The summed E-state index contributed by atoms with van der Waals surface area (Å²) in [6.45, 7) is 3.88. The lowest BCUT2D eigenvalue weighted by molar-refractivity contribution is -0.122. The van der Waals surface area contributed by atoms with Crippen LogP contribution in [0.5, 0.6) is 0 Å². The third kappa shape index (κ3) is 2.06. The highest BCUT2D eigenvalue weighted by Gasteiger charge is 2.28. The lowest BCUT2D eigenvalue weighted by Gasteiger charge is -2.25. The van der Waals surface area contributed by atoms with Crippen LogP contribution in [0.15, 0.2) is 12.2 Å². The summed E-state index contributed by atoms with van der Waals surface area (Å²) in [6, 6.07) is 0. The summed E-state index contributed by atoms with van der Waals surface area (Å²) in [7, 11) is 0. The highest BCUT2D eigenvalue weighted by atomic mass is 79.9. The molecule has 2 N–H and O–H groups in total. The van der Waals surface area contributed by atoms with E-state index in [-0.39, 0.29) is 16.7 Å². The first kappa shape index (κ1) is 8.78. The van der Waals surface area contributed by atoms with Crippen molar-refractivity contribution in [3.63, 3.8) is 0 Å². The van der Waals surface area contributed by atoms with Gasteiger partial charge in [-0.3, -0.25) is 4.79 Å². The fraction of sp³-hybridized carbons (Fsp3) is 0.625. The molecule has 3 heteroatoms. The maximum absolute atomic E-state index is 10.8. The van der Waals surface area contributed by atoms with Crippen molar-refractivity contribution in [3.05, 3.63) is 12.2 Å². The molecule has 1 amide bonds. The number of hydrogen-bond donors (Lipinski definition) is 1. The van der Waals surface area contributed by atoms with Crippen molar-refractivity contribution in [2.75, 3.05) is 0 Å². The van der Waals surface area contributed by atoms with E-state index in [1.165, 1.54) is 5.57 Å². The Hall–Kier alpha value is -0.310. The van der Waals surface area contributed by atoms with Crippen molar-refractivity contribution < 1.29 is 4.79 Å². The molecule has 0 heterocycles. The van der Waals surface area contributed by atoms with Crippen LogP contribution in [0, 0.1) is 5.92 Å². The molecule has 0 spiro atoms. The number of hydrogen-bond acceptors (Lipinski definition) is 1. The average molecular weight is 218 g/mol. The largest absolute Gasteiger partial charge is 0.369 e. The first-order valence-corrected chi connectivity index (χ1v) is 4.63. The zero-order valence-corrected chi connectivity index (χ0v) is 7.93. The highest BCUT2D eigenvalue weighted by molar-refractivity contribution is 9.09. The summed E-state index contributed by atoms with van der Waals surface area (Å²) >= 11 is 3.43. The normalized spacial score (nSPS) is 31.9. The maximum atomic E-state index is 10.8. The molecular weight excluding hydrogens is 206 g/mol. The van der Waals surface area contributed by atoms with Crippen molar-refractivity contribution in [3.8, 4) is 0 Å². The molecule has 62 valence electrons. The standard InChI is InChI=1S/C8H12BrNO/c1-5-2-3-6(8(10)11)7(9)4-5/h6-7H,1-4H2,(H2,10,11). The number of halogens is 1. The van der Waals surface area contributed by atoms with Gasteiger partial charge in [0.1, 0.15) is 0 Å². The van der Waals surface area contributed by atoms with E-state index in [0.717, 1.165) is 19.3 Å². The molecule has 2 nitrogen and oxygen atoms in total. The fourth-order valence-corrected chi connectivity index (χ4v) is 2.36. The number of amides is 1. The molecule has 11 heavy (non-hydrogen) atoms. The van der Waals surface area contributed by atoms with Gasteiger partial charge in [-0.15, -0.1) is 0 Å². The molecule has 1 rings (SSSR count). The summed E-state index contributed by atoms with van der Waals surface area (Å²) in [5.74, 6) is -0.195. The van der Waals surface area contributed by atoms with E-state index in [1.54, 1.807) is 0 Å². The van der Waals surface area contributed by atoms with Crippen LogP contribution in [0.4, 0.5) is 0 Å². The molecule has 2 atom stereocenters. The van der Waals surface area contributed by atoms with Gasteiger partial charge >= 0.3 is 0 Å². The first-order chi connectivity index (χ1) is 5.11. The van der Waals surface area contributed by atoms with Crippen LogP contribution in [0.1, 0.15) is 19.3 Å². The summed E-state index contributed by atoms with van der Waals surface area (Å²) in [4.78, 5) is 11.0. The minimum absolute atomic E-state index is 0.000463. The Morgan fingerprint density at radius 3 is 2.82 bits per heavy atom. The van der Waals surface area contributed by atoms with Gasteiger partial charge in [0.15, 0.2) is 0 Å². The van der Waals surface area contributed by atoms with Gasteiger partial charge in [0.05, 0.1) is 5.92 Å². The Balaban J connectivity index is 2.57. The number of carbonyl (C=O) groups is 1. The molecule has 0 aromatic rings. The van der Waals surface area contributed by atoms with E-state index in [1.807, 2.05) is 0 Å². The molecule has 0 bridgehead atoms. The molecule has 1 aliphatic rings. The quantitative estimate of drug-likeness (QED) is 0.527. The van der Waals surface area contributed by atoms with Gasteiger partial charge in [-0.25, -0.2) is 0 Å². The molecular formula is C8H12BrNO. The van der Waals surface area contributed by atoms with Gasteiger partial charge in [-0.2, -0.15) is 0 Å². The summed E-state index contributed by atoms with van der Waals surface area (Å²) in [5.41, 5.74) is 6.42. The highest BCUT2D eigenvalue weighted by Crippen LogP contribution is 2.32. The van der Waals surface area contributed by atoms with Crippen LogP contribution in [0.25, 0.3) is 0 Å². The van der Waals surface area contributed by atoms with Crippen molar-refractivity contribution >= 4 is 21.8 Å². The van der Waals surface area contributed by atoms with Gasteiger partial charge < -0.3 is 5.73 Å². The number of alkyl halides is 1. The SMILES string of the molecule is C=C1CCC(C(N)=O)C(Br)C1. The molecule has 1 aliphatic carbocycles. The molecule has 0 aromatic carbocycles. The number of allylic oxidation sites excluding steroid dienone is 1. The van der Waals surface area contributed by atoms with Crippen LogP contribution in [0.3, 0.4) is 0 Å². The van der Waals surface area contributed by atoms with Gasteiger partial charge in [-0.05, 0) is 19.3 Å². The predicted octanol–water partition coefficient (Wildman–Crippen LogP) is 1.59. The summed E-state index contributed by atoms with van der Waals surface area (Å²) in [5, 5.41) is 0. The second-order valence-corrected chi connectivity index (χ2v) is 4.19. The van der Waals surface area contributed by atoms with Crippen molar-refractivity contribution in [1.82, 2.24) is 0 Å². The van der Waals surface area contributed by atoms with Crippen LogP contribution in [0.2, 0.25) is 0 Å². The zero-order chi connectivity index (χ0) is 8.43. The Kier molecular flexibility index (Phi) is 2.71. The van der Waals surface area contributed by atoms with E-state index in [4.69, 9.17) is 5.73 Å². The minimum atomic E-state index is -0.195. The van der Waals surface area contributed by atoms with Crippen molar-refractivity contribution in [2.45, 2.75) is 24.1 Å². The van der Waals surface area contributed by atoms with E-state index < -0.39 is 0 Å². The number of primary amides is 1. The smallest absolute Gasteiger partial charge is 0.221 e. The van der Waals surface area contributed by atoms with Gasteiger partial charge in [0.2, 0.25) is 5.91 Å². The number of rotatable bonds is 1. The Morgan fingerprint density at radius 1 is 1.73 bits per heavy atom. The van der Waals surface area contributed by atoms with Gasteiger partial charge in [0, 0.05) is 4.83 Å². The third-order valence-electron chi connectivity index (χ3n) is 2.09. The van der Waals surface area contributed by atoms with Gasteiger partial charge in [-0.1, -0.05) is 28.1 Å². The summed E-state index contributed by atoms with van der Waals surface area (Å²) < 4.78 is 0. The summed E-state index contributed by atoms with van der Waals surface area (Å²) in [6.07, 6.45) is 2.67. The number of nitrogens with two attached hydrogens (primary N) is 1. The molecule has 0 saturated heterocycles. The van der Waals surface area contributed by atoms with Gasteiger partial charge in [0.25, 0.3) is 0 Å². The van der Waals surface area contributed by atoms with E-state index in [9.17, 15) is 4.79 Å². The molecule has 0 aliphatic heterocycles. The predicted molar refractivity (Wildman–Crippen MR) is 48.4 cm³/mol. The van der Waals surface area contributed by atoms with E-state index >= 15 is 0 Å². The lowest BCUT2D eigenvalue weighted by Crippen LogP contribution is -2.33. The Morgan fingerprint density at radius 2 is 2.36 bits per heavy atom. The molecule has 2 unspecified atom stereocenters. The van der Waals surface area contributed by atoms with Crippen LogP contribution >= 0.6 is 15.9 Å². The average Bonchev–Trinajstić information content (AvgIpc) is 1.85. The molecule has 1 fully saturated rings. The topological polar surface area (TPSA) is 43.1 Å². The molecule has 1 saturated carbocycles. The zero-order valence-electron chi connectivity index (χ0n) is 6.35. The number of carbonyl (C=O) groups excluding carboxylic acids is 1. The lowest BCUT2D eigenvalue weighted by atomic mass is 9.86. The van der Waals surface area contributed by atoms with Crippen molar-refractivity contribution in [1.29, 1.82) is 0 Å². The van der Waals surface area contributed by atoms with Crippen LogP contribution < -0.4 is 5.73 Å². The van der Waals surface area contributed by atoms with Crippen LogP contribution in [-0.4, -0.2) is 10.7 Å². The maximum Gasteiger partial charge on any atom is 0.221 e. The fourth-order valence-electron chi connectivity index (χ4n) is 1.38. The monoisotopic (exact) mass is 217 g/mol. The van der Waals surface area contributed by atoms with E-state index in [2.05, 4.69) is 22.5 Å². The first-order valence-electron chi connectivity index (χ1n) is 3.71. The van der Waals surface area contributed by atoms with E-state index in [0.29, 0.717) is 0 Å². The Labute approximate surface area is 75.0 Å². The molecule has 0 aromatic heterocycles. The van der Waals surface area contributed by atoms with Crippen molar-refractivity contribution in [2.24, 2.45) is 11.7 Å². The molecule has 0 radical (unpaired) electrons. The van der Waals surface area contributed by atoms with Crippen LogP contribution in [-0.2, 0) is 4.79 Å². The second kappa shape index (κ2) is 3.39. The second-order valence-electron chi connectivity index (χ2n) is 3.02. The third-order valence-corrected chi connectivity index (χ3v) is 3.06. The minimum Gasteiger partial charge on any atom is -0.369 e.